The van der Waals surface area contributed by atoms with Gasteiger partial charge in [0.2, 0.25) is 0 Å². The Kier molecular flexibility index (Phi) is 3.54. The number of aliphatic carboxylic acids is 1. The molecule has 0 aromatic carbocycles. The Bertz CT molecular complexity index is 149. The summed E-state index contributed by atoms with van der Waals surface area (Å²) in [6, 6.07) is 0. The van der Waals surface area contributed by atoms with Crippen LogP contribution in [0.3, 0.4) is 0 Å². The summed E-state index contributed by atoms with van der Waals surface area (Å²) in [5.74, 6) is -0.858. The molecule has 0 heterocycles. The third kappa shape index (κ3) is 2.65. The second-order valence-electron chi connectivity index (χ2n) is 1.69. The van der Waals surface area contributed by atoms with E-state index in [-0.39, 0.29) is 0 Å². The predicted molar refractivity (Wildman–Crippen MR) is 39.6 cm³/mol. The molecule has 2 nitrogen and oxygen atoms in total. The number of carbonyl (C=O) groups is 1. The molecule has 0 aromatic rings. The summed E-state index contributed by atoms with van der Waals surface area (Å²) in [6.45, 7) is 3.48. The maximum Gasteiger partial charge on any atom is 0.332 e. The van der Waals surface area contributed by atoms with Gasteiger partial charge in [-0.3, -0.25) is 0 Å². The number of carboxylic acid groups (broad SMARTS) is 1. The van der Waals surface area contributed by atoms with Crippen LogP contribution in [0.2, 0.25) is 0 Å². The van der Waals surface area contributed by atoms with Crippen LogP contribution in [0.5, 0.6) is 0 Å². The highest BCUT2D eigenvalue weighted by Crippen LogP contribution is 2.14. The standard InChI is InChI=1S/C6H9BrO2/c1-3-5(7)4(2)6(8)9/h3H2,1-2H3,(H,8,9)/b5-4-. The predicted octanol–water partition coefficient (Wildman–Crippen LogP) is 2.15. The Labute approximate surface area is 62.7 Å². The summed E-state index contributed by atoms with van der Waals surface area (Å²) in [5.41, 5.74) is 0.387. The molecule has 0 aliphatic carbocycles. The highest BCUT2D eigenvalue weighted by Gasteiger charge is 2.03. The van der Waals surface area contributed by atoms with E-state index in [1.54, 1.807) is 6.92 Å². The second-order valence-corrected chi connectivity index (χ2v) is 2.65. The first-order chi connectivity index (χ1) is 4.09. The molecule has 0 aliphatic heterocycles. The van der Waals surface area contributed by atoms with E-state index in [0.29, 0.717) is 5.57 Å². The SMILES string of the molecule is CC/C(Br)=C(\C)C(=O)O. The quantitative estimate of drug-likeness (QED) is 0.682. The van der Waals surface area contributed by atoms with E-state index >= 15 is 0 Å². The first-order valence-electron chi connectivity index (χ1n) is 2.68. The number of hydrogen-bond donors (Lipinski definition) is 1. The van der Waals surface area contributed by atoms with Crippen LogP contribution in [0.4, 0.5) is 0 Å². The number of carboxylic acids is 1. The summed E-state index contributed by atoms with van der Waals surface area (Å²) in [6.07, 6.45) is 0.734. The number of allylic oxidation sites excluding steroid dienone is 1. The Hall–Kier alpha value is -0.310. The van der Waals surface area contributed by atoms with Gasteiger partial charge >= 0.3 is 5.97 Å². The maximum absolute atomic E-state index is 10.2. The molecule has 0 saturated carbocycles. The topological polar surface area (TPSA) is 37.3 Å². The highest BCUT2D eigenvalue weighted by molar-refractivity contribution is 9.11. The second kappa shape index (κ2) is 3.67. The van der Waals surface area contributed by atoms with Crippen molar-refractivity contribution >= 4 is 21.9 Å². The molecule has 0 spiro atoms. The molecular weight excluding hydrogens is 184 g/mol. The van der Waals surface area contributed by atoms with Gasteiger partial charge in [-0.25, -0.2) is 4.79 Å². The molecular formula is C6H9BrO2. The lowest BCUT2D eigenvalue weighted by Crippen LogP contribution is -1.97. The first-order valence-corrected chi connectivity index (χ1v) is 3.47. The first kappa shape index (κ1) is 8.69. The fraction of sp³-hybridized carbons (Fsp3) is 0.500. The Morgan fingerprint density at radius 1 is 1.67 bits per heavy atom. The Morgan fingerprint density at radius 3 is 2.22 bits per heavy atom. The fourth-order valence-corrected chi connectivity index (χ4v) is 0.551. The van der Waals surface area contributed by atoms with Gasteiger partial charge in [-0.15, -0.1) is 0 Å². The van der Waals surface area contributed by atoms with Gasteiger partial charge in [-0.05, 0) is 13.3 Å². The fourth-order valence-electron chi connectivity index (χ4n) is 0.381. The van der Waals surface area contributed by atoms with E-state index in [9.17, 15) is 4.79 Å². The molecule has 0 unspecified atom stereocenters. The number of rotatable bonds is 2. The zero-order valence-electron chi connectivity index (χ0n) is 5.44. The average Bonchev–Trinajstić information content (AvgIpc) is 1.84. The molecule has 0 rings (SSSR count). The van der Waals surface area contributed by atoms with E-state index < -0.39 is 5.97 Å². The van der Waals surface area contributed by atoms with Gasteiger partial charge in [0.05, 0.1) is 0 Å². The maximum atomic E-state index is 10.2. The van der Waals surface area contributed by atoms with E-state index in [1.165, 1.54) is 0 Å². The lowest BCUT2D eigenvalue weighted by atomic mass is 10.2. The van der Waals surface area contributed by atoms with Crippen molar-refractivity contribution in [1.82, 2.24) is 0 Å². The van der Waals surface area contributed by atoms with Crippen LogP contribution in [0.15, 0.2) is 10.1 Å². The van der Waals surface area contributed by atoms with E-state index in [2.05, 4.69) is 15.9 Å². The highest BCUT2D eigenvalue weighted by atomic mass is 79.9. The van der Waals surface area contributed by atoms with Gasteiger partial charge < -0.3 is 5.11 Å². The summed E-state index contributed by atoms with van der Waals surface area (Å²) >= 11 is 3.14. The monoisotopic (exact) mass is 192 g/mol. The average molecular weight is 193 g/mol. The van der Waals surface area contributed by atoms with Crippen molar-refractivity contribution in [3.05, 3.63) is 10.1 Å². The third-order valence-corrected chi connectivity index (χ3v) is 2.19. The van der Waals surface area contributed by atoms with Gasteiger partial charge in [0.15, 0.2) is 0 Å². The molecule has 0 atom stereocenters. The van der Waals surface area contributed by atoms with Crippen molar-refractivity contribution in [1.29, 1.82) is 0 Å². The molecule has 1 N–H and O–H groups in total. The molecule has 0 aromatic heterocycles. The van der Waals surface area contributed by atoms with Crippen LogP contribution < -0.4 is 0 Å². The zero-order chi connectivity index (χ0) is 7.44. The summed E-state index contributed by atoms with van der Waals surface area (Å²) < 4.78 is 0.759. The molecule has 0 amide bonds. The largest absolute Gasteiger partial charge is 0.478 e. The molecule has 0 aliphatic rings. The summed E-state index contributed by atoms with van der Waals surface area (Å²) in [7, 11) is 0. The Balaban J connectivity index is 4.28. The molecule has 9 heavy (non-hydrogen) atoms. The molecule has 3 heteroatoms. The number of hydrogen-bond acceptors (Lipinski definition) is 1. The molecule has 0 radical (unpaired) electrons. The van der Waals surface area contributed by atoms with Gasteiger partial charge in [-0.1, -0.05) is 22.9 Å². The summed E-state index contributed by atoms with van der Waals surface area (Å²) in [4.78, 5) is 10.2. The minimum absolute atomic E-state index is 0.387. The van der Waals surface area contributed by atoms with Crippen molar-refractivity contribution in [3.63, 3.8) is 0 Å². The van der Waals surface area contributed by atoms with Crippen LogP contribution in [0.25, 0.3) is 0 Å². The van der Waals surface area contributed by atoms with Crippen LogP contribution >= 0.6 is 15.9 Å². The Morgan fingerprint density at radius 2 is 2.11 bits per heavy atom. The van der Waals surface area contributed by atoms with E-state index in [4.69, 9.17) is 5.11 Å². The van der Waals surface area contributed by atoms with Crippen molar-refractivity contribution < 1.29 is 9.90 Å². The minimum atomic E-state index is -0.858. The van der Waals surface area contributed by atoms with Crippen LogP contribution in [0.1, 0.15) is 20.3 Å². The van der Waals surface area contributed by atoms with Crippen LogP contribution in [-0.2, 0) is 4.79 Å². The van der Waals surface area contributed by atoms with Crippen LogP contribution in [-0.4, -0.2) is 11.1 Å². The molecule has 52 valence electrons. The molecule has 0 fully saturated rings. The van der Waals surface area contributed by atoms with Crippen LogP contribution in [0, 0.1) is 0 Å². The van der Waals surface area contributed by atoms with E-state index in [1.807, 2.05) is 6.92 Å². The molecule has 0 bridgehead atoms. The minimum Gasteiger partial charge on any atom is -0.478 e. The smallest absolute Gasteiger partial charge is 0.332 e. The van der Waals surface area contributed by atoms with Gasteiger partial charge in [0.25, 0.3) is 0 Å². The molecule has 0 saturated heterocycles. The van der Waals surface area contributed by atoms with E-state index in [0.717, 1.165) is 10.9 Å². The normalized spacial score (nSPS) is 12.8. The van der Waals surface area contributed by atoms with Crippen molar-refractivity contribution in [2.24, 2.45) is 0 Å². The summed E-state index contributed by atoms with van der Waals surface area (Å²) in [5, 5.41) is 8.40. The lowest BCUT2D eigenvalue weighted by molar-refractivity contribution is -0.132. The van der Waals surface area contributed by atoms with Gasteiger partial charge in [-0.2, -0.15) is 0 Å². The lowest BCUT2D eigenvalue weighted by Gasteiger charge is -1.95. The number of halogens is 1. The van der Waals surface area contributed by atoms with Crippen molar-refractivity contribution in [3.8, 4) is 0 Å². The van der Waals surface area contributed by atoms with Gasteiger partial charge in [0.1, 0.15) is 0 Å². The van der Waals surface area contributed by atoms with Crippen molar-refractivity contribution in [2.75, 3.05) is 0 Å². The van der Waals surface area contributed by atoms with Crippen molar-refractivity contribution in [2.45, 2.75) is 20.3 Å². The zero-order valence-corrected chi connectivity index (χ0v) is 7.03. The third-order valence-electron chi connectivity index (χ3n) is 1.04. The van der Waals surface area contributed by atoms with Gasteiger partial charge in [0, 0.05) is 10.1 Å².